The maximum Gasteiger partial charge on any atom is 0.229 e. The third-order valence-electron chi connectivity index (χ3n) is 3.22. The van der Waals surface area contributed by atoms with Crippen molar-refractivity contribution in [2.24, 2.45) is 0 Å². The zero-order chi connectivity index (χ0) is 13.8. The monoisotopic (exact) mass is 279 g/mol. The minimum Gasteiger partial charge on any atom is -0.291 e. The summed E-state index contributed by atoms with van der Waals surface area (Å²) in [5.74, 6) is -0.584. The van der Waals surface area contributed by atoms with E-state index in [1.165, 1.54) is 11.3 Å². The van der Waals surface area contributed by atoms with Gasteiger partial charge in [-0.15, -0.1) is 11.3 Å². The van der Waals surface area contributed by atoms with E-state index in [9.17, 15) is 14.4 Å². The minimum atomic E-state index is -0.219. The number of carbonyl (C=O) groups is 3. The number of hydrogen-bond donors (Lipinski definition) is 0. The van der Waals surface area contributed by atoms with Gasteiger partial charge >= 0.3 is 0 Å². The highest BCUT2D eigenvalue weighted by Crippen LogP contribution is 2.19. The second-order valence-corrected chi connectivity index (χ2v) is 5.79. The highest BCUT2D eigenvalue weighted by molar-refractivity contribution is 7.14. The van der Waals surface area contributed by atoms with E-state index in [4.69, 9.17) is 0 Å². The first kappa shape index (κ1) is 13.9. The summed E-state index contributed by atoms with van der Waals surface area (Å²) in [6.45, 7) is 1.92. The molecule has 1 saturated heterocycles. The average molecular weight is 279 g/mol. The molecule has 1 fully saturated rings. The maximum absolute atomic E-state index is 12.1. The van der Waals surface area contributed by atoms with Crippen molar-refractivity contribution in [3.63, 3.8) is 0 Å². The standard InChI is InChI=1S/C14H17NO3S/c1-2-10-7-8-12(19-10)11(16)9-15-13(17)5-3-4-6-14(15)18/h7-8H,2-6,9H2,1H3. The van der Waals surface area contributed by atoms with Gasteiger partial charge in [-0.05, 0) is 31.4 Å². The molecule has 1 aromatic rings. The third kappa shape index (κ3) is 3.29. The summed E-state index contributed by atoms with van der Waals surface area (Å²) in [7, 11) is 0. The molecule has 0 N–H and O–H groups in total. The number of likely N-dealkylation sites (tertiary alicyclic amines) is 1. The van der Waals surface area contributed by atoms with E-state index in [2.05, 4.69) is 0 Å². The lowest BCUT2D eigenvalue weighted by molar-refractivity contribution is -0.143. The van der Waals surface area contributed by atoms with Crippen LogP contribution in [-0.2, 0) is 16.0 Å². The first-order valence-electron chi connectivity index (χ1n) is 6.57. The molecule has 19 heavy (non-hydrogen) atoms. The Morgan fingerprint density at radius 3 is 2.37 bits per heavy atom. The van der Waals surface area contributed by atoms with Gasteiger partial charge in [0.05, 0.1) is 11.4 Å². The molecule has 1 aliphatic rings. The number of thiophene rings is 1. The molecule has 0 aliphatic carbocycles. The number of ketones is 1. The van der Waals surface area contributed by atoms with Crippen LogP contribution in [0.2, 0.25) is 0 Å². The molecular weight excluding hydrogens is 262 g/mol. The van der Waals surface area contributed by atoms with E-state index in [0.29, 0.717) is 17.7 Å². The quantitative estimate of drug-likeness (QED) is 0.628. The van der Waals surface area contributed by atoms with Gasteiger partial charge in [-0.25, -0.2) is 0 Å². The molecule has 1 aromatic heterocycles. The minimum absolute atomic E-state index is 0.110. The molecule has 0 aromatic carbocycles. The lowest BCUT2D eigenvalue weighted by atomic mass is 10.2. The topological polar surface area (TPSA) is 54.5 Å². The second-order valence-electron chi connectivity index (χ2n) is 4.62. The lowest BCUT2D eigenvalue weighted by Gasteiger charge is -2.17. The molecule has 0 spiro atoms. The molecule has 1 aliphatic heterocycles. The Kier molecular flexibility index (Phi) is 4.47. The van der Waals surface area contributed by atoms with Crippen molar-refractivity contribution in [2.45, 2.75) is 39.0 Å². The van der Waals surface area contributed by atoms with Crippen LogP contribution in [0.3, 0.4) is 0 Å². The predicted molar refractivity (Wildman–Crippen MR) is 73.2 cm³/mol. The van der Waals surface area contributed by atoms with Gasteiger partial charge in [0.1, 0.15) is 0 Å². The van der Waals surface area contributed by atoms with Crippen LogP contribution in [0.4, 0.5) is 0 Å². The molecule has 0 atom stereocenters. The van der Waals surface area contributed by atoms with Crippen LogP contribution in [-0.4, -0.2) is 29.0 Å². The largest absolute Gasteiger partial charge is 0.291 e. The summed E-state index contributed by atoms with van der Waals surface area (Å²) in [5.41, 5.74) is 0. The summed E-state index contributed by atoms with van der Waals surface area (Å²) < 4.78 is 0. The molecular formula is C14H17NO3S. The van der Waals surface area contributed by atoms with Crippen LogP contribution < -0.4 is 0 Å². The Labute approximate surface area is 116 Å². The molecule has 2 rings (SSSR count). The summed E-state index contributed by atoms with van der Waals surface area (Å²) in [5, 5.41) is 0. The van der Waals surface area contributed by atoms with Crippen LogP contribution in [0.1, 0.15) is 47.2 Å². The highest BCUT2D eigenvalue weighted by Gasteiger charge is 2.26. The average Bonchev–Trinajstić information content (AvgIpc) is 2.83. The van der Waals surface area contributed by atoms with Crippen LogP contribution >= 0.6 is 11.3 Å². The van der Waals surface area contributed by atoms with E-state index in [1.54, 1.807) is 6.07 Å². The van der Waals surface area contributed by atoms with Crippen molar-refractivity contribution >= 4 is 28.9 Å². The number of amides is 2. The van der Waals surface area contributed by atoms with Crippen LogP contribution in [0, 0.1) is 0 Å². The second kappa shape index (κ2) is 6.10. The number of aryl methyl sites for hydroxylation is 1. The van der Waals surface area contributed by atoms with E-state index in [1.807, 2.05) is 13.0 Å². The molecule has 4 nitrogen and oxygen atoms in total. The van der Waals surface area contributed by atoms with Crippen molar-refractivity contribution in [2.75, 3.05) is 6.54 Å². The van der Waals surface area contributed by atoms with E-state index in [-0.39, 0.29) is 24.1 Å². The van der Waals surface area contributed by atoms with E-state index < -0.39 is 0 Å². The molecule has 0 saturated carbocycles. The molecule has 2 amide bonds. The fourth-order valence-corrected chi connectivity index (χ4v) is 2.95. The first-order valence-corrected chi connectivity index (χ1v) is 7.38. The molecule has 0 bridgehead atoms. The third-order valence-corrected chi connectivity index (χ3v) is 4.49. The van der Waals surface area contributed by atoms with E-state index in [0.717, 1.165) is 29.0 Å². The van der Waals surface area contributed by atoms with Gasteiger partial charge in [-0.1, -0.05) is 6.92 Å². The molecule has 0 radical (unpaired) electrons. The van der Waals surface area contributed by atoms with Gasteiger partial charge in [0, 0.05) is 17.7 Å². The Hall–Kier alpha value is -1.49. The fourth-order valence-electron chi connectivity index (χ4n) is 2.08. The number of Topliss-reactive ketones (excluding diaryl/α,β-unsaturated/α-hetero) is 1. The zero-order valence-corrected chi connectivity index (χ0v) is 11.8. The molecule has 2 heterocycles. The van der Waals surface area contributed by atoms with Gasteiger partial charge in [-0.3, -0.25) is 19.3 Å². The molecule has 0 unspecified atom stereocenters. The van der Waals surface area contributed by atoms with Crippen molar-refractivity contribution < 1.29 is 14.4 Å². The van der Waals surface area contributed by atoms with Gasteiger partial charge in [0.25, 0.3) is 0 Å². The van der Waals surface area contributed by atoms with Crippen molar-refractivity contribution in [1.82, 2.24) is 4.90 Å². The van der Waals surface area contributed by atoms with Crippen LogP contribution in [0.5, 0.6) is 0 Å². The predicted octanol–water partition coefficient (Wildman–Crippen LogP) is 2.42. The van der Waals surface area contributed by atoms with Crippen molar-refractivity contribution in [3.8, 4) is 0 Å². The lowest BCUT2D eigenvalue weighted by Crippen LogP contribution is -2.39. The highest BCUT2D eigenvalue weighted by atomic mass is 32.1. The molecule has 5 heteroatoms. The van der Waals surface area contributed by atoms with Crippen molar-refractivity contribution in [3.05, 3.63) is 21.9 Å². The number of carbonyl (C=O) groups excluding carboxylic acids is 3. The first-order chi connectivity index (χ1) is 9.11. The Bertz CT molecular complexity index is 489. The summed E-state index contributed by atoms with van der Waals surface area (Å²) in [6.07, 6.45) is 3.08. The summed E-state index contributed by atoms with van der Waals surface area (Å²) in [4.78, 5) is 38.6. The Morgan fingerprint density at radius 1 is 1.21 bits per heavy atom. The Morgan fingerprint density at radius 2 is 1.84 bits per heavy atom. The number of imide groups is 1. The van der Waals surface area contributed by atoms with Gasteiger partial charge < -0.3 is 0 Å². The molecule has 102 valence electrons. The van der Waals surface area contributed by atoms with Crippen LogP contribution in [0.15, 0.2) is 12.1 Å². The van der Waals surface area contributed by atoms with Crippen molar-refractivity contribution in [1.29, 1.82) is 0 Å². The zero-order valence-electron chi connectivity index (χ0n) is 11.0. The van der Waals surface area contributed by atoms with Gasteiger partial charge in [0.2, 0.25) is 11.8 Å². The maximum atomic E-state index is 12.1. The van der Waals surface area contributed by atoms with Crippen LogP contribution in [0.25, 0.3) is 0 Å². The summed E-state index contributed by atoms with van der Waals surface area (Å²) >= 11 is 1.44. The number of hydrogen-bond acceptors (Lipinski definition) is 4. The van der Waals surface area contributed by atoms with Gasteiger partial charge in [0.15, 0.2) is 5.78 Å². The van der Waals surface area contributed by atoms with E-state index >= 15 is 0 Å². The smallest absolute Gasteiger partial charge is 0.229 e. The summed E-state index contributed by atoms with van der Waals surface area (Å²) in [6, 6.07) is 3.70. The SMILES string of the molecule is CCc1ccc(C(=O)CN2C(=O)CCCCC2=O)s1. The number of nitrogens with zero attached hydrogens (tertiary/aromatic N) is 1. The number of rotatable bonds is 4. The fraction of sp³-hybridized carbons (Fsp3) is 0.500. The Balaban J connectivity index is 2.08. The normalized spacial score (nSPS) is 16.6. The van der Waals surface area contributed by atoms with Gasteiger partial charge in [-0.2, -0.15) is 0 Å².